The van der Waals surface area contributed by atoms with E-state index in [0.717, 1.165) is 16.8 Å². The zero-order valence-corrected chi connectivity index (χ0v) is 21.3. The Labute approximate surface area is 205 Å². The molecule has 0 unspecified atom stereocenters. The fourth-order valence-electron chi connectivity index (χ4n) is 0. The minimum atomic E-state index is -4.17. The molecule has 0 spiro atoms. The Hall–Kier alpha value is -0.610. The molecule has 0 rings (SSSR count). The third kappa shape index (κ3) is 385. The first-order valence-electron chi connectivity index (χ1n) is 6.71. The topological polar surface area (TPSA) is 260 Å². The van der Waals surface area contributed by atoms with Crippen LogP contribution in [0.1, 0.15) is 29.7 Å². The van der Waals surface area contributed by atoms with Crippen LogP contribution in [0.2, 0.25) is 0 Å². The summed E-state index contributed by atoms with van der Waals surface area (Å²) in [7, 11) is 0.0417. The largest absolute Gasteiger partial charge is 0.344 e. The highest BCUT2D eigenvalue weighted by molar-refractivity contribution is 7.88. The van der Waals surface area contributed by atoms with Crippen LogP contribution in [0.15, 0.2) is 0 Å². The van der Waals surface area contributed by atoms with Crippen molar-refractivity contribution < 1.29 is 33.6 Å². The Balaban J connectivity index is -0.0000000159. The van der Waals surface area contributed by atoms with Gasteiger partial charge in [-0.2, -0.15) is 13.5 Å². The van der Waals surface area contributed by atoms with E-state index in [1.165, 1.54) is 49.3 Å². The first-order valence-corrected chi connectivity index (χ1v) is 12.2. The van der Waals surface area contributed by atoms with Crippen LogP contribution in [0, 0.1) is 0 Å². The number of rotatable bonds is 2. The predicted octanol–water partition coefficient (Wildman–Crippen LogP) is -0.304. The lowest BCUT2D eigenvalue weighted by Crippen LogP contribution is -2.19. The molecular weight excluding hydrogens is 510 g/mol. The highest BCUT2D eigenvalue weighted by Gasteiger charge is 2.00. The van der Waals surface area contributed by atoms with Crippen LogP contribution >= 0.6 is 0 Å². The minimum absolute atomic E-state index is 0. The van der Waals surface area contributed by atoms with Gasteiger partial charge in [-0.15, -0.1) is 8.37 Å². The van der Waals surface area contributed by atoms with E-state index in [1.54, 1.807) is 0 Å². The minimum Gasteiger partial charge on any atom is -0.344 e. The van der Waals surface area contributed by atoms with Gasteiger partial charge >= 0.3 is 0 Å². The molecule has 0 aliphatic carbocycles. The number of nitrogens with two attached hydrogens (primary N) is 4. The second-order valence-electron chi connectivity index (χ2n) is 3.99. The van der Waals surface area contributed by atoms with Crippen molar-refractivity contribution in [2.24, 2.45) is 23.2 Å². The van der Waals surface area contributed by atoms with Crippen molar-refractivity contribution in [3.8, 4) is 0 Å². The van der Waals surface area contributed by atoms with Crippen molar-refractivity contribution in [1.29, 1.82) is 0 Å². The van der Waals surface area contributed by atoms with E-state index in [-0.39, 0.29) is 35.9 Å². The summed E-state index contributed by atoms with van der Waals surface area (Å²) in [5.74, 6) is 8.00. The average molecular weight is 569 g/mol. The highest BCUT2D eigenvalue weighted by Crippen LogP contribution is 1.83. The van der Waals surface area contributed by atoms with Gasteiger partial charge in [0, 0.05) is 28.2 Å². The smallest absolute Gasteiger partial charge is 0.299 e. The molecule has 0 aliphatic rings. The summed E-state index contributed by atoms with van der Waals surface area (Å²) in [6.07, 6.45) is 2.76. The van der Waals surface area contributed by atoms with Crippen molar-refractivity contribution in [3.63, 3.8) is 0 Å². The van der Waals surface area contributed by atoms with Gasteiger partial charge in [0.1, 0.15) is 0 Å². The Morgan fingerprint density at radius 2 is 0.758 bits per heavy atom. The number of hydrogen-bond donors (Lipinski definition) is 6. The fraction of sp³-hybridized carbons (Fsp3) is 1.00. The molecule has 12 N–H and O–H groups in total. The Bertz CT molecular complexity index is 567. The summed E-state index contributed by atoms with van der Waals surface area (Å²) < 4.78 is 83.0. The van der Waals surface area contributed by atoms with Crippen molar-refractivity contribution >= 4 is 30.3 Å². The van der Waals surface area contributed by atoms with Crippen molar-refractivity contribution in [2.75, 3.05) is 68.1 Å². The molecular formula is C14H58F2N8O6S3. The fourth-order valence-corrected chi connectivity index (χ4v) is 0. The molecule has 0 heterocycles. The molecule has 0 aliphatic heterocycles. The average Bonchev–Trinajstić information content (AvgIpc) is 2.50. The first kappa shape index (κ1) is 76.8. The SMILES string of the molecule is C.C.C.C.CN.CN.CN(C)F.CN(C)S(C)(=O)=O.CNS(C)(=O)=O.CS(=O)(=O)F.N.NN. The van der Waals surface area contributed by atoms with Crippen molar-refractivity contribution in [3.05, 3.63) is 0 Å². The molecule has 14 nitrogen and oxygen atoms in total. The van der Waals surface area contributed by atoms with Gasteiger partial charge < -0.3 is 17.6 Å². The van der Waals surface area contributed by atoms with Crippen molar-refractivity contribution in [1.82, 2.24) is 20.3 Å². The van der Waals surface area contributed by atoms with Crippen LogP contribution in [0.5, 0.6) is 0 Å². The monoisotopic (exact) mass is 568 g/mol. The summed E-state index contributed by atoms with van der Waals surface area (Å²) >= 11 is 0. The Morgan fingerprint density at radius 1 is 0.697 bits per heavy atom. The summed E-state index contributed by atoms with van der Waals surface area (Å²) in [5, 5.41) is 0.500. The summed E-state index contributed by atoms with van der Waals surface area (Å²) in [4.78, 5) is 0. The predicted molar refractivity (Wildman–Crippen MR) is 144 cm³/mol. The third-order valence-corrected chi connectivity index (χ3v) is 3.10. The van der Waals surface area contributed by atoms with Crippen LogP contribution in [0.25, 0.3) is 0 Å². The molecule has 0 aromatic rings. The zero-order valence-electron chi connectivity index (χ0n) is 18.8. The Kier molecular flexibility index (Phi) is 113. The van der Waals surface area contributed by atoms with E-state index in [9.17, 15) is 25.2 Å². The number of nitrogens with one attached hydrogen (secondary N) is 1. The van der Waals surface area contributed by atoms with E-state index >= 15 is 0 Å². The van der Waals surface area contributed by atoms with Gasteiger partial charge in [0.15, 0.2) is 0 Å². The van der Waals surface area contributed by atoms with Gasteiger partial charge in [0.2, 0.25) is 20.0 Å². The van der Waals surface area contributed by atoms with Crippen LogP contribution in [-0.2, 0) is 30.3 Å². The molecule has 222 valence electrons. The molecule has 0 amide bonds. The number of nitrogens with zero attached hydrogens (tertiary/aromatic N) is 2. The normalized spacial score (nSPS) is 8.18. The molecule has 0 saturated carbocycles. The van der Waals surface area contributed by atoms with Crippen LogP contribution in [-0.4, -0.2) is 103 Å². The molecule has 0 aromatic heterocycles. The second kappa shape index (κ2) is 48.7. The number of halogens is 2. The maximum Gasteiger partial charge on any atom is 0.299 e. The van der Waals surface area contributed by atoms with Crippen molar-refractivity contribution in [2.45, 2.75) is 29.7 Å². The van der Waals surface area contributed by atoms with Gasteiger partial charge in [-0.05, 0) is 21.1 Å². The first-order chi connectivity index (χ1) is 12.2. The molecule has 33 heavy (non-hydrogen) atoms. The maximum absolute atomic E-state index is 10.8. The summed E-state index contributed by atoms with van der Waals surface area (Å²) in [6, 6.07) is 0. The van der Waals surface area contributed by atoms with Gasteiger partial charge in [-0.25, -0.2) is 25.9 Å². The van der Waals surface area contributed by atoms with Crippen LogP contribution in [0.3, 0.4) is 0 Å². The Morgan fingerprint density at radius 3 is 0.758 bits per heavy atom. The molecule has 0 aromatic carbocycles. The molecule has 0 saturated heterocycles. The lowest BCUT2D eigenvalue weighted by molar-refractivity contribution is 0.0977. The van der Waals surface area contributed by atoms with Gasteiger partial charge in [0.05, 0.1) is 18.8 Å². The van der Waals surface area contributed by atoms with E-state index in [2.05, 4.69) is 27.9 Å². The molecule has 0 atom stereocenters. The van der Waals surface area contributed by atoms with E-state index in [1.807, 2.05) is 0 Å². The van der Waals surface area contributed by atoms with E-state index in [4.69, 9.17) is 8.42 Å². The molecule has 0 radical (unpaired) electrons. The van der Waals surface area contributed by atoms with Gasteiger partial charge in [-0.1, -0.05) is 29.7 Å². The lowest BCUT2D eigenvalue weighted by atomic mass is 11.3. The molecule has 0 fully saturated rings. The number of hydrogen-bond acceptors (Lipinski definition) is 12. The second-order valence-corrected chi connectivity index (χ2v) is 9.50. The molecule has 19 heteroatoms. The zero-order chi connectivity index (χ0) is 25.4. The van der Waals surface area contributed by atoms with Gasteiger partial charge in [0.25, 0.3) is 10.2 Å². The van der Waals surface area contributed by atoms with Crippen LogP contribution < -0.4 is 34.0 Å². The number of hydrazine groups is 1. The lowest BCUT2D eigenvalue weighted by Gasteiger charge is -2.02. The third-order valence-electron chi connectivity index (χ3n) is 1.03. The number of sulfonamides is 2. The standard InChI is InChI=1S/C3H9NO2S.C2H6FN.C2H7NO2S.CH3FO2S.2CH5N.4CH4.H4N2.H3N/c1-4(2)7(3,5)6;1-4(2)3;1-3-6(2,4)5;1-5(2,3)4;2*1-2;;;;;1-2;/h1-3H3;1-2H3;3H,1-2H3;1H3;2*2H2,1H3;4*1H4;1-2H2;1H3. The van der Waals surface area contributed by atoms with E-state index < -0.39 is 30.3 Å². The highest BCUT2D eigenvalue weighted by atomic mass is 32.3. The van der Waals surface area contributed by atoms with Crippen LogP contribution in [0.4, 0.5) is 8.37 Å². The summed E-state index contributed by atoms with van der Waals surface area (Å²) in [5.41, 5.74) is 9.00. The molecule has 0 bridgehead atoms. The quantitative estimate of drug-likeness (QED) is 0.108. The summed E-state index contributed by atoms with van der Waals surface area (Å²) in [6.45, 7) is 0. The van der Waals surface area contributed by atoms with Gasteiger partial charge in [-0.3, -0.25) is 11.7 Å². The van der Waals surface area contributed by atoms with E-state index in [0.29, 0.717) is 11.4 Å². The maximum atomic E-state index is 10.8.